The van der Waals surface area contributed by atoms with Crippen molar-refractivity contribution in [2.75, 3.05) is 11.0 Å². The van der Waals surface area contributed by atoms with Gasteiger partial charge in [0.25, 0.3) is 0 Å². The zero-order valence-corrected chi connectivity index (χ0v) is 15.5. The van der Waals surface area contributed by atoms with E-state index in [2.05, 4.69) is 15.5 Å². The van der Waals surface area contributed by atoms with Crippen LogP contribution in [0.3, 0.4) is 0 Å². The largest absolute Gasteiger partial charge is 0.435 e. The standard InChI is InChI=1S/C19H17F2N3O2S/c1-3-24-17-10-14(26-19(20)21)8-9-15(17)16(11-22)18(24)12-4-6-13(7-5-12)23-27(2)25/h4-10,19,23H,3H2,1-2H3. The number of nitrogens with one attached hydrogen (secondary N) is 1. The number of hydrogen-bond acceptors (Lipinski definition) is 3. The lowest BCUT2D eigenvalue weighted by molar-refractivity contribution is -0.0497. The average molecular weight is 389 g/mol. The zero-order valence-electron chi connectivity index (χ0n) is 14.7. The van der Waals surface area contributed by atoms with Crippen LogP contribution in [0.4, 0.5) is 14.5 Å². The Kier molecular flexibility index (Phi) is 5.42. The molecule has 1 unspecified atom stereocenters. The summed E-state index contributed by atoms with van der Waals surface area (Å²) in [6.45, 7) is -0.447. The summed E-state index contributed by atoms with van der Waals surface area (Å²) in [5, 5.41) is 10.4. The van der Waals surface area contributed by atoms with E-state index in [9.17, 15) is 18.3 Å². The second-order valence-corrected chi connectivity index (χ2v) is 6.88. The van der Waals surface area contributed by atoms with Crippen LogP contribution in [-0.4, -0.2) is 21.6 Å². The van der Waals surface area contributed by atoms with Crippen molar-refractivity contribution in [1.29, 1.82) is 5.26 Å². The number of fused-ring (bicyclic) bond motifs is 1. The van der Waals surface area contributed by atoms with E-state index in [0.717, 1.165) is 5.56 Å². The topological polar surface area (TPSA) is 67.0 Å². The maximum atomic E-state index is 12.5. The maximum Gasteiger partial charge on any atom is 0.387 e. The number of aromatic nitrogens is 1. The van der Waals surface area contributed by atoms with Crippen LogP contribution in [0.1, 0.15) is 12.5 Å². The normalized spacial score (nSPS) is 12.1. The van der Waals surface area contributed by atoms with Gasteiger partial charge in [-0.3, -0.25) is 0 Å². The minimum Gasteiger partial charge on any atom is -0.435 e. The molecular formula is C19H17F2N3O2S. The van der Waals surface area contributed by atoms with Gasteiger partial charge in [0.1, 0.15) is 22.8 Å². The molecule has 27 heavy (non-hydrogen) atoms. The molecule has 1 heterocycles. The zero-order chi connectivity index (χ0) is 19.6. The van der Waals surface area contributed by atoms with Gasteiger partial charge < -0.3 is 14.0 Å². The molecular weight excluding hydrogens is 372 g/mol. The highest BCUT2D eigenvalue weighted by molar-refractivity contribution is 7.85. The Morgan fingerprint density at radius 3 is 2.52 bits per heavy atom. The highest BCUT2D eigenvalue weighted by atomic mass is 32.2. The summed E-state index contributed by atoms with van der Waals surface area (Å²) in [7, 11) is -1.18. The summed E-state index contributed by atoms with van der Waals surface area (Å²) < 4.78 is 45.6. The van der Waals surface area contributed by atoms with Gasteiger partial charge in [-0.2, -0.15) is 14.0 Å². The number of alkyl halides is 2. The molecule has 0 aliphatic carbocycles. The smallest absolute Gasteiger partial charge is 0.387 e. The molecule has 3 rings (SSSR count). The average Bonchev–Trinajstić information content (AvgIpc) is 2.94. The predicted octanol–water partition coefficient (Wildman–Crippen LogP) is 4.51. The van der Waals surface area contributed by atoms with Gasteiger partial charge in [0.2, 0.25) is 0 Å². The predicted molar refractivity (Wildman–Crippen MR) is 102 cm³/mol. The van der Waals surface area contributed by atoms with Gasteiger partial charge in [0.15, 0.2) is 0 Å². The van der Waals surface area contributed by atoms with Gasteiger partial charge in [-0.15, -0.1) is 0 Å². The molecule has 1 atom stereocenters. The van der Waals surface area contributed by atoms with Crippen LogP contribution in [0.25, 0.3) is 22.2 Å². The van der Waals surface area contributed by atoms with Gasteiger partial charge in [0.05, 0.1) is 16.8 Å². The number of anilines is 1. The Morgan fingerprint density at radius 1 is 1.26 bits per heavy atom. The van der Waals surface area contributed by atoms with Gasteiger partial charge in [-0.05, 0) is 36.8 Å². The number of nitrogens with zero attached hydrogens (tertiary/aromatic N) is 2. The van der Waals surface area contributed by atoms with Crippen LogP contribution in [-0.2, 0) is 17.5 Å². The molecule has 1 aromatic heterocycles. The van der Waals surface area contributed by atoms with Crippen molar-refractivity contribution in [3.05, 3.63) is 48.0 Å². The van der Waals surface area contributed by atoms with Crippen molar-refractivity contribution >= 4 is 27.6 Å². The van der Waals surface area contributed by atoms with E-state index in [-0.39, 0.29) is 5.75 Å². The third-order valence-electron chi connectivity index (χ3n) is 4.11. The van der Waals surface area contributed by atoms with Crippen LogP contribution in [0.5, 0.6) is 5.75 Å². The fraction of sp³-hybridized carbons (Fsp3) is 0.211. The summed E-state index contributed by atoms with van der Waals surface area (Å²) >= 11 is 0. The molecule has 0 aliphatic heterocycles. The molecule has 1 N–H and O–H groups in total. The number of hydrogen-bond donors (Lipinski definition) is 1. The molecule has 0 fully saturated rings. The monoisotopic (exact) mass is 389 g/mol. The Hall–Kier alpha value is -2.92. The lowest BCUT2D eigenvalue weighted by Crippen LogP contribution is -2.02. The Labute approximate surface area is 157 Å². The van der Waals surface area contributed by atoms with E-state index in [1.807, 2.05) is 23.6 Å². The number of aryl methyl sites for hydroxylation is 1. The molecule has 5 nitrogen and oxygen atoms in total. The summed E-state index contributed by atoms with van der Waals surface area (Å²) in [6.07, 6.45) is 1.54. The van der Waals surface area contributed by atoms with E-state index in [1.54, 1.807) is 18.2 Å². The molecule has 2 aromatic carbocycles. The molecule has 0 saturated carbocycles. The highest BCUT2D eigenvalue weighted by Crippen LogP contribution is 2.36. The summed E-state index contributed by atoms with van der Waals surface area (Å²) in [5.41, 5.74) is 3.32. The first kappa shape index (κ1) is 18.9. The van der Waals surface area contributed by atoms with Crippen LogP contribution >= 0.6 is 0 Å². The first-order valence-corrected chi connectivity index (χ1v) is 9.72. The molecule has 0 spiro atoms. The van der Waals surface area contributed by atoms with E-state index in [1.165, 1.54) is 18.4 Å². The molecule has 0 saturated heterocycles. The van der Waals surface area contributed by atoms with E-state index in [0.29, 0.717) is 34.4 Å². The SMILES string of the molecule is CCn1c(-c2ccc(NS(C)=O)cc2)c(C#N)c2ccc(OC(F)F)cc21. The second kappa shape index (κ2) is 7.76. The molecule has 0 radical (unpaired) electrons. The number of halogens is 2. The maximum absolute atomic E-state index is 12.5. The van der Waals surface area contributed by atoms with Crippen molar-refractivity contribution in [3.8, 4) is 23.1 Å². The van der Waals surface area contributed by atoms with Gasteiger partial charge in [-0.25, -0.2) is 4.21 Å². The van der Waals surface area contributed by atoms with Gasteiger partial charge >= 0.3 is 6.61 Å². The van der Waals surface area contributed by atoms with Crippen LogP contribution < -0.4 is 9.46 Å². The minimum absolute atomic E-state index is 0.0470. The fourth-order valence-corrected chi connectivity index (χ4v) is 3.58. The third-order valence-corrected chi connectivity index (χ3v) is 4.63. The Bertz CT molecular complexity index is 1040. The van der Waals surface area contributed by atoms with Crippen molar-refractivity contribution in [2.24, 2.45) is 0 Å². The molecule has 0 aliphatic rings. The Morgan fingerprint density at radius 2 is 1.96 bits per heavy atom. The number of benzene rings is 2. The van der Waals surface area contributed by atoms with E-state index in [4.69, 9.17) is 0 Å². The van der Waals surface area contributed by atoms with E-state index >= 15 is 0 Å². The molecule has 8 heteroatoms. The lowest BCUT2D eigenvalue weighted by atomic mass is 10.1. The summed E-state index contributed by atoms with van der Waals surface area (Å²) in [5.74, 6) is 0.0470. The number of ether oxygens (including phenoxy) is 1. The summed E-state index contributed by atoms with van der Waals surface area (Å²) in [4.78, 5) is 0. The second-order valence-electron chi connectivity index (χ2n) is 5.77. The quantitative estimate of drug-likeness (QED) is 0.675. The van der Waals surface area contributed by atoms with Crippen LogP contribution in [0, 0.1) is 11.3 Å². The highest BCUT2D eigenvalue weighted by Gasteiger charge is 2.19. The van der Waals surface area contributed by atoms with Crippen molar-refractivity contribution in [3.63, 3.8) is 0 Å². The lowest BCUT2D eigenvalue weighted by Gasteiger charge is -2.10. The molecule has 3 aromatic rings. The van der Waals surface area contributed by atoms with Crippen molar-refractivity contribution < 1.29 is 17.7 Å². The first-order chi connectivity index (χ1) is 12.9. The third kappa shape index (κ3) is 3.78. The van der Waals surface area contributed by atoms with E-state index < -0.39 is 17.6 Å². The Balaban J connectivity index is 2.16. The fourth-order valence-electron chi connectivity index (χ4n) is 3.11. The van der Waals surface area contributed by atoms with Gasteiger partial charge in [0, 0.05) is 29.9 Å². The summed E-state index contributed by atoms with van der Waals surface area (Å²) in [6, 6.07) is 14.0. The number of rotatable bonds is 6. The van der Waals surface area contributed by atoms with Crippen LogP contribution in [0.2, 0.25) is 0 Å². The van der Waals surface area contributed by atoms with Crippen molar-refractivity contribution in [2.45, 2.75) is 20.1 Å². The van der Waals surface area contributed by atoms with Crippen molar-refractivity contribution in [1.82, 2.24) is 4.57 Å². The number of nitriles is 1. The van der Waals surface area contributed by atoms with Gasteiger partial charge in [-0.1, -0.05) is 12.1 Å². The first-order valence-electron chi connectivity index (χ1n) is 8.16. The molecule has 0 amide bonds. The molecule has 140 valence electrons. The molecule has 0 bridgehead atoms. The van der Waals surface area contributed by atoms with Crippen LogP contribution in [0.15, 0.2) is 42.5 Å². The minimum atomic E-state index is -2.91.